The summed E-state index contributed by atoms with van der Waals surface area (Å²) >= 11 is 6.59. The summed E-state index contributed by atoms with van der Waals surface area (Å²) in [5.41, 5.74) is 1.12. The lowest BCUT2D eigenvalue weighted by atomic mass is 9.97. The number of halogens is 2. The second-order valence-electron chi connectivity index (χ2n) is 5.42. The van der Waals surface area contributed by atoms with E-state index in [0.29, 0.717) is 17.6 Å². The van der Waals surface area contributed by atoms with Crippen molar-refractivity contribution in [2.75, 3.05) is 13.2 Å². The summed E-state index contributed by atoms with van der Waals surface area (Å²) in [6.07, 6.45) is 0.804. The smallest absolute Gasteiger partial charge is 0.241 e. The molecule has 0 saturated carbocycles. The van der Waals surface area contributed by atoms with Gasteiger partial charge >= 0.3 is 0 Å². The number of fused-ring (bicyclic) bond motifs is 1. The van der Waals surface area contributed by atoms with Crippen LogP contribution in [0.4, 0.5) is 0 Å². The molecule has 0 saturated heterocycles. The van der Waals surface area contributed by atoms with Gasteiger partial charge in [0.05, 0.1) is 11.5 Å². The van der Waals surface area contributed by atoms with Crippen LogP contribution in [0.15, 0.2) is 56.3 Å². The molecule has 1 atom stereocenters. The van der Waals surface area contributed by atoms with Gasteiger partial charge < -0.3 is 4.74 Å². The van der Waals surface area contributed by atoms with Gasteiger partial charge in [-0.2, -0.15) is 0 Å². The van der Waals surface area contributed by atoms with Crippen LogP contribution < -0.4 is 9.46 Å². The Labute approximate surface area is 152 Å². The molecule has 2 aromatic rings. The monoisotopic (exact) mass is 459 g/mol. The molecule has 1 aliphatic heterocycles. The lowest BCUT2D eigenvalue weighted by Gasteiger charge is -2.25. The van der Waals surface area contributed by atoms with E-state index in [1.807, 2.05) is 24.3 Å². The molecule has 23 heavy (non-hydrogen) atoms. The first kappa shape index (κ1) is 17.0. The molecule has 0 aromatic heterocycles. The molecule has 2 aromatic carbocycles. The number of hydrogen-bond acceptors (Lipinski definition) is 3. The van der Waals surface area contributed by atoms with Crippen molar-refractivity contribution in [2.45, 2.75) is 11.3 Å². The van der Waals surface area contributed by atoms with Gasteiger partial charge in [0.1, 0.15) is 5.75 Å². The van der Waals surface area contributed by atoms with E-state index in [-0.39, 0.29) is 10.8 Å². The minimum Gasteiger partial charge on any atom is -0.493 e. The highest BCUT2D eigenvalue weighted by Gasteiger charge is 2.23. The number of ether oxygens (including phenoxy) is 1. The highest BCUT2D eigenvalue weighted by Crippen LogP contribution is 2.28. The van der Waals surface area contributed by atoms with Crippen LogP contribution in [0.3, 0.4) is 0 Å². The normalized spacial score (nSPS) is 17.4. The van der Waals surface area contributed by atoms with Gasteiger partial charge in [0.25, 0.3) is 0 Å². The quantitative estimate of drug-likeness (QED) is 0.755. The molecule has 7 heteroatoms. The Morgan fingerprint density at radius 2 is 1.96 bits per heavy atom. The average molecular weight is 461 g/mol. The number of para-hydroxylation sites is 1. The van der Waals surface area contributed by atoms with Crippen molar-refractivity contribution in [3.05, 3.63) is 57.0 Å². The molecule has 1 N–H and O–H groups in total. The summed E-state index contributed by atoms with van der Waals surface area (Å²) in [6.45, 7) is 0.856. The van der Waals surface area contributed by atoms with Crippen molar-refractivity contribution < 1.29 is 13.2 Å². The van der Waals surface area contributed by atoms with Crippen LogP contribution in [-0.4, -0.2) is 21.6 Å². The summed E-state index contributed by atoms with van der Waals surface area (Å²) in [5, 5.41) is 0. The molecule has 0 spiro atoms. The minimum absolute atomic E-state index is 0.116. The fourth-order valence-electron chi connectivity index (χ4n) is 2.51. The van der Waals surface area contributed by atoms with Crippen LogP contribution >= 0.6 is 31.9 Å². The first-order valence-corrected chi connectivity index (χ1v) is 10.2. The molecular formula is C16H15Br2NO3S. The molecule has 0 aliphatic carbocycles. The van der Waals surface area contributed by atoms with E-state index in [1.54, 1.807) is 18.2 Å². The second-order valence-corrected chi connectivity index (χ2v) is 8.92. The zero-order valence-corrected chi connectivity index (χ0v) is 16.1. The maximum atomic E-state index is 12.5. The third kappa shape index (κ3) is 3.96. The Morgan fingerprint density at radius 1 is 1.17 bits per heavy atom. The largest absolute Gasteiger partial charge is 0.493 e. The van der Waals surface area contributed by atoms with Gasteiger partial charge in [0.15, 0.2) is 0 Å². The van der Waals surface area contributed by atoms with E-state index < -0.39 is 10.0 Å². The van der Waals surface area contributed by atoms with E-state index in [2.05, 4.69) is 36.6 Å². The van der Waals surface area contributed by atoms with Crippen molar-refractivity contribution >= 4 is 41.9 Å². The molecule has 0 radical (unpaired) electrons. The van der Waals surface area contributed by atoms with E-state index in [9.17, 15) is 8.42 Å². The lowest BCUT2D eigenvalue weighted by molar-refractivity contribution is 0.223. The summed E-state index contributed by atoms with van der Waals surface area (Å²) < 4.78 is 34.6. The number of sulfonamides is 1. The predicted molar refractivity (Wildman–Crippen MR) is 96.2 cm³/mol. The summed E-state index contributed by atoms with van der Waals surface area (Å²) in [7, 11) is -3.57. The molecule has 1 heterocycles. The van der Waals surface area contributed by atoms with Gasteiger partial charge in [0, 0.05) is 21.4 Å². The predicted octanol–water partition coefficient (Wildman–Crippen LogP) is 3.74. The van der Waals surface area contributed by atoms with E-state index in [4.69, 9.17) is 4.74 Å². The zero-order chi connectivity index (χ0) is 16.4. The molecule has 122 valence electrons. The summed E-state index contributed by atoms with van der Waals surface area (Å²) in [5.74, 6) is 1.01. The topological polar surface area (TPSA) is 55.4 Å². The first-order chi connectivity index (χ1) is 11.0. The Hall–Kier alpha value is -0.890. The molecule has 0 amide bonds. The van der Waals surface area contributed by atoms with Crippen molar-refractivity contribution in [1.29, 1.82) is 0 Å². The van der Waals surface area contributed by atoms with Crippen molar-refractivity contribution in [2.24, 2.45) is 5.92 Å². The average Bonchev–Trinajstić information content (AvgIpc) is 2.55. The maximum Gasteiger partial charge on any atom is 0.241 e. The van der Waals surface area contributed by atoms with Gasteiger partial charge in [-0.05, 0) is 52.2 Å². The first-order valence-electron chi connectivity index (χ1n) is 7.11. The van der Waals surface area contributed by atoms with Gasteiger partial charge in [-0.15, -0.1) is 0 Å². The molecule has 1 aliphatic rings. The standard InChI is InChI=1S/C16H15Br2NO3S/c17-13-5-6-14(18)16(8-13)23(20,21)19-9-11-7-12-3-1-2-4-15(12)22-10-11/h1-6,8,11,19H,7,9-10H2. The molecular weight excluding hydrogens is 446 g/mol. The molecule has 0 fully saturated rings. The highest BCUT2D eigenvalue weighted by molar-refractivity contribution is 9.11. The number of hydrogen-bond donors (Lipinski definition) is 1. The Balaban J connectivity index is 1.70. The third-order valence-corrected chi connectivity index (χ3v) is 6.61. The van der Waals surface area contributed by atoms with Crippen LogP contribution in [0, 0.1) is 5.92 Å². The van der Waals surface area contributed by atoms with E-state index in [0.717, 1.165) is 22.2 Å². The summed E-state index contributed by atoms with van der Waals surface area (Å²) in [6, 6.07) is 12.9. The molecule has 3 rings (SSSR count). The van der Waals surface area contributed by atoms with Gasteiger partial charge in [-0.3, -0.25) is 0 Å². The number of rotatable bonds is 4. The van der Waals surface area contributed by atoms with Crippen LogP contribution in [0.25, 0.3) is 0 Å². The fourth-order valence-corrected chi connectivity index (χ4v) is 5.13. The molecule has 4 nitrogen and oxygen atoms in total. The van der Waals surface area contributed by atoms with Gasteiger partial charge in [-0.25, -0.2) is 13.1 Å². The van der Waals surface area contributed by atoms with Crippen molar-refractivity contribution in [3.63, 3.8) is 0 Å². The Morgan fingerprint density at radius 3 is 2.78 bits per heavy atom. The summed E-state index contributed by atoms with van der Waals surface area (Å²) in [4.78, 5) is 0.226. The van der Waals surface area contributed by atoms with Gasteiger partial charge in [-0.1, -0.05) is 34.1 Å². The Bertz CT molecular complexity index is 824. The number of nitrogens with one attached hydrogen (secondary N) is 1. The third-order valence-electron chi connectivity index (χ3n) is 3.70. The maximum absolute atomic E-state index is 12.5. The van der Waals surface area contributed by atoms with Crippen LogP contribution in [0.2, 0.25) is 0 Å². The fraction of sp³-hybridized carbons (Fsp3) is 0.250. The van der Waals surface area contributed by atoms with E-state index >= 15 is 0 Å². The number of benzene rings is 2. The van der Waals surface area contributed by atoms with Crippen LogP contribution in [-0.2, 0) is 16.4 Å². The zero-order valence-electron chi connectivity index (χ0n) is 12.1. The highest BCUT2D eigenvalue weighted by atomic mass is 79.9. The van der Waals surface area contributed by atoms with Crippen molar-refractivity contribution in [3.8, 4) is 5.75 Å². The lowest BCUT2D eigenvalue weighted by Crippen LogP contribution is -2.34. The van der Waals surface area contributed by atoms with Crippen LogP contribution in [0.5, 0.6) is 5.75 Å². The SMILES string of the molecule is O=S(=O)(NCC1COc2ccccc2C1)c1cc(Br)ccc1Br. The molecule has 0 bridgehead atoms. The Kier molecular flexibility index (Phi) is 5.10. The van der Waals surface area contributed by atoms with Crippen LogP contribution in [0.1, 0.15) is 5.56 Å². The second kappa shape index (κ2) is 6.93. The van der Waals surface area contributed by atoms with Crippen molar-refractivity contribution in [1.82, 2.24) is 4.72 Å². The molecule has 1 unspecified atom stereocenters. The van der Waals surface area contributed by atoms with E-state index in [1.165, 1.54) is 0 Å². The van der Waals surface area contributed by atoms with Gasteiger partial charge in [0.2, 0.25) is 10.0 Å². The minimum atomic E-state index is -3.57.